The van der Waals surface area contributed by atoms with Crippen LogP contribution in [0.4, 0.5) is 14.6 Å². The first-order valence-corrected chi connectivity index (χ1v) is 11.3. The van der Waals surface area contributed by atoms with E-state index in [2.05, 4.69) is 23.7 Å². The van der Waals surface area contributed by atoms with Gasteiger partial charge in [0.15, 0.2) is 11.4 Å². The molecule has 0 aliphatic carbocycles. The van der Waals surface area contributed by atoms with E-state index in [4.69, 9.17) is 14.5 Å². The van der Waals surface area contributed by atoms with Crippen LogP contribution in [0.3, 0.4) is 0 Å². The summed E-state index contributed by atoms with van der Waals surface area (Å²) in [5.74, 6) is 0.0818. The number of rotatable bonds is 5. The van der Waals surface area contributed by atoms with Crippen molar-refractivity contribution < 1.29 is 18.3 Å². The van der Waals surface area contributed by atoms with E-state index in [1.54, 1.807) is 6.07 Å². The second kappa shape index (κ2) is 9.02. The molecule has 8 heteroatoms. The van der Waals surface area contributed by atoms with E-state index < -0.39 is 11.6 Å². The molecule has 4 heterocycles. The molecule has 34 heavy (non-hydrogen) atoms. The Morgan fingerprint density at radius 2 is 1.76 bits per heavy atom. The van der Waals surface area contributed by atoms with Crippen LogP contribution < -0.4 is 9.64 Å². The summed E-state index contributed by atoms with van der Waals surface area (Å²) in [5, 5.41) is 0. The highest BCUT2D eigenvalue weighted by Gasteiger charge is 2.23. The van der Waals surface area contributed by atoms with Crippen LogP contribution in [0.2, 0.25) is 0 Å². The summed E-state index contributed by atoms with van der Waals surface area (Å²) >= 11 is 0. The largest absolute Gasteiger partial charge is 0.485 e. The highest BCUT2D eigenvalue weighted by atomic mass is 19.1. The van der Waals surface area contributed by atoms with Gasteiger partial charge in [-0.15, -0.1) is 0 Å². The third-order valence-corrected chi connectivity index (χ3v) is 5.99. The first-order valence-electron chi connectivity index (χ1n) is 11.3. The summed E-state index contributed by atoms with van der Waals surface area (Å²) in [6.45, 7) is 7.43. The van der Waals surface area contributed by atoms with Gasteiger partial charge in [0.25, 0.3) is 0 Å². The highest BCUT2D eigenvalue weighted by molar-refractivity contribution is 5.70. The molecule has 1 aliphatic heterocycles. The van der Waals surface area contributed by atoms with E-state index in [1.165, 1.54) is 18.2 Å². The number of aryl methyl sites for hydroxylation is 1. The van der Waals surface area contributed by atoms with E-state index in [1.807, 2.05) is 41.9 Å². The Morgan fingerprint density at radius 3 is 2.44 bits per heavy atom. The first-order chi connectivity index (χ1) is 16.4. The lowest BCUT2D eigenvalue weighted by Gasteiger charge is -2.36. The van der Waals surface area contributed by atoms with Gasteiger partial charge in [-0.3, -0.25) is 4.40 Å². The summed E-state index contributed by atoms with van der Waals surface area (Å²) in [4.78, 5) is 11.6. The molecule has 1 saturated heterocycles. The van der Waals surface area contributed by atoms with Crippen molar-refractivity contribution in [3.63, 3.8) is 0 Å². The molecule has 5 rings (SSSR count). The second-order valence-electron chi connectivity index (χ2n) is 8.67. The molecule has 2 atom stereocenters. The fraction of sp³-hybridized carbons (Fsp3) is 0.308. The summed E-state index contributed by atoms with van der Waals surface area (Å²) in [6.07, 6.45) is 4.05. The van der Waals surface area contributed by atoms with Crippen LogP contribution in [0, 0.1) is 18.6 Å². The predicted molar refractivity (Wildman–Crippen MR) is 126 cm³/mol. The van der Waals surface area contributed by atoms with E-state index in [0.29, 0.717) is 11.4 Å². The van der Waals surface area contributed by atoms with E-state index >= 15 is 0 Å². The standard InChI is InChI=1S/C26H26F2N4O2/c1-16-13-31(14-17(2)34-16)24-10-9-19(12-29-24)25-18(3)30-26-23(8-5-11-32(25)26)33-15-20-21(27)6-4-7-22(20)28/h4-12,16-17H,13-15H2,1-3H3. The first kappa shape index (κ1) is 22.3. The molecule has 0 spiro atoms. The molecule has 2 unspecified atom stereocenters. The Balaban J connectivity index is 1.43. The van der Waals surface area contributed by atoms with Gasteiger partial charge in [0.05, 0.1) is 29.2 Å². The molecule has 0 saturated carbocycles. The Morgan fingerprint density at radius 1 is 1.03 bits per heavy atom. The maximum atomic E-state index is 14.0. The number of fused-ring (bicyclic) bond motifs is 1. The molecule has 4 aromatic rings. The van der Waals surface area contributed by atoms with Crippen LogP contribution in [-0.4, -0.2) is 39.7 Å². The van der Waals surface area contributed by atoms with E-state index in [-0.39, 0.29) is 24.4 Å². The normalized spacial score (nSPS) is 18.4. The Bertz CT molecular complexity index is 1290. The average Bonchev–Trinajstić information content (AvgIpc) is 3.14. The fourth-order valence-corrected chi connectivity index (χ4v) is 4.51. The quantitative estimate of drug-likeness (QED) is 0.408. The maximum absolute atomic E-state index is 14.0. The molecule has 0 radical (unpaired) electrons. The van der Waals surface area contributed by atoms with Crippen molar-refractivity contribution in [2.75, 3.05) is 18.0 Å². The van der Waals surface area contributed by atoms with Gasteiger partial charge in [0.1, 0.15) is 24.1 Å². The smallest absolute Gasteiger partial charge is 0.180 e. The molecule has 0 bridgehead atoms. The lowest BCUT2D eigenvalue weighted by molar-refractivity contribution is -0.00545. The van der Waals surface area contributed by atoms with Crippen molar-refractivity contribution in [1.29, 1.82) is 0 Å². The van der Waals surface area contributed by atoms with E-state index in [0.717, 1.165) is 35.9 Å². The lowest BCUT2D eigenvalue weighted by Crippen LogP contribution is -2.45. The number of pyridine rings is 2. The van der Waals surface area contributed by atoms with Crippen LogP contribution in [0.5, 0.6) is 5.75 Å². The number of halogens is 2. The van der Waals surface area contributed by atoms with E-state index in [9.17, 15) is 8.78 Å². The summed E-state index contributed by atoms with van der Waals surface area (Å²) in [7, 11) is 0. The van der Waals surface area contributed by atoms with Gasteiger partial charge in [-0.25, -0.2) is 18.7 Å². The average molecular weight is 465 g/mol. The van der Waals surface area contributed by atoms with Crippen LogP contribution in [-0.2, 0) is 11.3 Å². The minimum Gasteiger partial charge on any atom is -0.485 e. The van der Waals surface area contributed by atoms with Crippen LogP contribution in [0.15, 0.2) is 54.9 Å². The number of ether oxygens (including phenoxy) is 2. The van der Waals surface area contributed by atoms with Crippen molar-refractivity contribution in [2.45, 2.75) is 39.6 Å². The summed E-state index contributed by atoms with van der Waals surface area (Å²) in [5.41, 5.74) is 3.07. The number of anilines is 1. The van der Waals surface area contributed by atoms with Gasteiger partial charge < -0.3 is 14.4 Å². The van der Waals surface area contributed by atoms with Crippen molar-refractivity contribution in [2.24, 2.45) is 0 Å². The number of hydrogen-bond acceptors (Lipinski definition) is 5. The molecule has 176 valence electrons. The topological polar surface area (TPSA) is 51.9 Å². The van der Waals surface area contributed by atoms with Crippen LogP contribution >= 0.6 is 0 Å². The number of aromatic nitrogens is 3. The molecule has 0 amide bonds. The molecule has 1 aromatic carbocycles. The van der Waals surface area contributed by atoms with Crippen molar-refractivity contribution in [3.05, 3.63) is 77.8 Å². The summed E-state index contributed by atoms with van der Waals surface area (Å²) in [6, 6.07) is 11.4. The van der Waals surface area contributed by atoms with Gasteiger partial charge in [0.2, 0.25) is 0 Å². The van der Waals surface area contributed by atoms with Gasteiger partial charge in [0, 0.05) is 31.0 Å². The Hall–Kier alpha value is -3.52. The lowest BCUT2D eigenvalue weighted by atomic mass is 10.1. The van der Waals surface area contributed by atoms with Crippen LogP contribution in [0.1, 0.15) is 25.1 Å². The molecule has 1 aliphatic rings. The van der Waals surface area contributed by atoms with Gasteiger partial charge in [-0.1, -0.05) is 6.07 Å². The van der Waals surface area contributed by atoms with Gasteiger partial charge in [-0.2, -0.15) is 0 Å². The minimum absolute atomic E-state index is 0.112. The zero-order valence-corrected chi connectivity index (χ0v) is 19.3. The number of benzene rings is 1. The highest BCUT2D eigenvalue weighted by Crippen LogP contribution is 2.30. The molecular weight excluding hydrogens is 438 g/mol. The number of nitrogens with zero attached hydrogens (tertiary/aromatic N) is 4. The molecule has 1 fully saturated rings. The number of morpholine rings is 1. The third kappa shape index (κ3) is 4.21. The Labute approximate surface area is 196 Å². The second-order valence-corrected chi connectivity index (χ2v) is 8.67. The summed E-state index contributed by atoms with van der Waals surface area (Å²) < 4.78 is 41.5. The minimum atomic E-state index is -0.637. The Kier molecular flexibility index (Phi) is 5.91. The molecule has 6 nitrogen and oxygen atoms in total. The molecular formula is C26H26F2N4O2. The zero-order valence-electron chi connectivity index (χ0n) is 19.3. The number of hydrogen-bond donors (Lipinski definition) is 0. The predicted octanol–water partition coefficient (Wildman–Crippen LogP) is 5.18. The van der Waals surface area contributed by atoms with Crippen molar-refractivity contribution in [1.82, 2.24) is 14.4 Å². The zero-order chi connectivity index (χ0) is 23.8. The number of imidazole rings is 1. The van der Waals surface area contributed by atoms with Crippen molar-refractivity contribution in [3.8, 4) is 17.0 Å². The third-order valence-electron chi connectivity index (χ3n) is 5.99. The maximum Gasteiger partial charge on any atom is 0.180 e. The van der Waals surface area contributed by atoms with Crippen LogP contribution in [0.25, 0.3) is 16.9 Å². The monoisotopic (exact) mass is 464 g/mol. The molecule has 3 aromatic heterocycles. The van der Waals surface area contributed by atoms with Gasteiger partial charge in [-0.05, 0) is 57.2 Å². The molecule has 0 N–H and O–H groups in total. The van der Waals surface area contributed by atoms with Gasteiger partial charge >= 0.3 is 0 Å². The SMILES string of the molecule is Cc1nc2c(OCc3c(F)cccc3F)cccn2c1-c1ccc(N2CC(C)OC(C)C2)nc1. The fourth-order valence-electron chi connectivity index (χ4n) is 4.51. The van der Waals surface area contributed by atoms with Crippen molar-refractivity contribution >= 4 is 11.5 Å².